The average molecular weight is 559 g/mol. The molecule has 0 aliphatic heterocycles. The summed E-state index contributed by atoms with van der Waals surface area (Å²) in [6, 6.07) is 6.07. The normalized spacial score (nSPS) is 18.5. The van der Waals surface area contributed by atoms with Gasteiger partial charge < -0.3 is 20.1 Å². The van der Waals surface area contributed by atoms with Gasteiger partial charge in [-0.3, -0.25) is 4.79 Å². The predicted molar refractivity (Wildman–Crippen MR) is 122 cm³/mol. The van der Waals surface area contributed by atoms with Crippen molar-refractivity contribution in [3.8, 4) is 11.6 Å². The molecule has 0 spiro atoms. The summed E-state index contributed by atoms with van der Waals surface area (Å²) in [6.07, 6.45) is 3.10. The van der Waals surface area contributed by atoms with Gasteiger partial charge in [0.25, 0.3) is 5.91 Å². The molecule has 1 aliphatic rings. The second kappa shape index (κ2) is 10.4. The summed E-state index contributed by atoms with van der Waals surface area (Å²) in [5.41, 5.74) is -0.0533. The van der Waals surface area contributed by atoms with E-state index in [9.17, 15) is 18.4 Å². The first-order chi connectivity index (χ1) is 15.1. The number of hydrogen-bond acceptors (Lipinski definition) is 5. The van der Waals surface area contributed by atoms with E-state index >= 15 is 0 Å². The summed E-state index contributed by atoms with van der Waals surface area (Å²) in [4.78, 5) is 28.6. The Kier molecular flexibility index (Phi) is 7.86. The van der Waals surface area contributed by atoms with Crippen molar-refractivity contribution in [2.75, 3.05) is 0 Å². The molecule has 1 aromatic heterocycles. The lowest BCUT2D eigenvalue weighted by molar-refractivity contribution is 0.0903. The number of alkyl halides is 1. The number of nitrogens with one attached hydrogen (secondary N) is 2. The SMILES string of the molecule is CC(C)(I)OC(=O)NC1CCC(NC(=O)c2cc(F)cnc2Oc2ccc(F)cc2)CC1. The van der Waals surface area contributed by atoms with Gasteiger partial charge in [-0.15, -0.1) is 0 Å². The Bertz CT molecular complexity index is 959. The van der Waals surface area contributed by atoms with Crippen LogP contribution in [0.25, 0.3) is 0 Å². The summed E-state index contributed by atoms with van der Waals surface area (Å²) in [5.74, 6) is -1.43. The molecule has 10 heteroatoms. The van der Waals surface area contributed by atoms with Crippen molar-refractivity contribution in [3.05, 3.63) is 53.7 Å². The highest BCUT2D eigenvalue weighted by molar-refractivity contribution is 14.1. The molecule has 1 aliphatic carbocycles. The maximum atomic E-state index is 13.8. The number of rotatable bonds is 6. The van der Waals surface area contributed by atoms with Gasteiger partial charge in [0, 0.05) is 12.1 Å². The van der Waals surface area contributed by atoms with Gasteiger partial charge in [-0.2, -0.15) is 0 Å². The Labute approximate surface area is 198 Å². The summed E-state index contributed by atoms with van der Waals surface area (Å²) in [7, 11) is 0. The van der Waals surface area contributed by atoms with Crippen molar-refractivity contribution < 1.29 is 27.8 Å². The Morgan fingerprint density at radius 3 is 2.22 bits per heavy atom. The van der Waals surface area contributed by atoms with Gasteiger partial charge in [0.2, 0.25) is 5.88 Å². The van der Waals surface area contributed by atoms with Crippen LogP contribution in [0.2, 0.25) is 0 Å². The topological polar surface area (TPSA) is 89.6 Å². The summed E-state index contributed by atoms with van der Waals surface area (Å²) in [5, 5.41) is 5.72. The van der Waals surface area contributed by atoms with Gasteiger partial charge in [-0.25, -0.2) is 18.6 Å². The van der Waals surface area contributed by atoms with Crippen LogP contribution in [0.5, 0.6) is 11.6 Å². The molecular formula is C22H24F2IN3O4. The van der Waals surface area contributed by atoms with E-state index in [2.05, 4.69) is 15.6 Å². The molecule has 2 N–H and O–H groups in total. The van der Waals surface area contributed by atoms with E-state index in [0.717, 1.165) is 12.3 Å². The van der Waals surface area contributed by atoms with E-state index in [1.165, 1.54) is 24.3 Å². The van der Waals surface area contributed by atoms with Gasteiger partial charge in [0.05, 0.1) is 6.20 Å². The maximum absolute atomic E-state index is 13.8. The number of carbonyl (C=O) groups is 2. The molecule has 172 valence electrons. The molecule has 0 radical (unpaired) electrons. The van der Waals surface area contributed by atoms with Gasteiger partial charge in [-0.1, -0.05) is 0 Å². The van der Waals surface area contributed by atoms with E-state index in [4.69, 9.17) is 9.47 Å². The van der Waals surface area contributed by atoms with E-state index < -0.39 is 27.2 Å². The van der Waals surface area contributed by atoms with Crippen molar-refractivity contribution in [1.29, 1.82) is 0 Å². The summed E-state index contributed by atoms with van der Waals surface area (Å²) < 4.78 is 37.1. The van der Waals surface area contributed by atoms with Crippen LogP contribution in [-0.4, -0.2) is 32.7 Å². The van der Waals surface area contributed by atoms with Crippen molar-refractivity contribution in [1.82, 2.24) is 15.6 Å². The molecule has 2 amide bonds. The van der Waals surface area contributed by atoms with Gasteiger partial charge in [0.15, 0.2) is 3.61 Å². The zero-order chi connectivity index (χ0) is 23.3. The second-order valence-electron chi connectivity index (χ2n) is 7.98. The molecule has 7 nitrogen and oxygen atoms in total. The fraction of sp³-hybridized carbons (Fsp3) is 0.409. The number of halogens is 3. The quantitative estimate of drug-likeness (QED) is 0.380. The fourth-order valence-corrected chi connectivity index (χ4v) is 3.55. The van der Waals surface area contributed by atoms with E-state index in [1.54, 1.807) is 13.8 Å². The molecule has 3 rings (SSSR count). The number of ether oxygens (including phenoxy) is 2. The smallest absolute Gasteiger partial charge is 0.408 e. The molecular weight excluding hydrogens is 535 g/mol. The first kappa shape index (κ1) is 24.1. The zero-order valence-corrected chi connectivity index (χ0v) is 19.8. The molecule has 0 unspecified atom stereocenters. The van der Waals surface area contributed by atoms with Crippen LogP contribution < -0.4 is 15.4 Å². The Balaban J connectivity index is 1.58. The third kappa shape index (κ3) is 7.28. The number of carbonyl (C=O) groups excluding carboxylic acids is 2. The largest absolute Gasteiger partial charge is 0.438 e. The van der Waals surface area contributed by atoms with Crippen molar-refractivity contribution in [2.24, 2.45) is 0 Å². The number of aromatic nitrogens is 1. The molecule has 1 aromatic carbocycles. The Morgan fingerprint density at radius 2 is 1.62 bits per heavy atom. The third-order valence-electron chi connectivity index (χ3n) is 4.81. The van der Waals surface area contributed by atoms with Gasteiger partial charge >= 0.3 is 6.09 Å². The van der Waals surface area contributed by atoms with Crippen molar-refractivity contribution in [2.45, 2.75) is 55.2 Å². The predicted octanol–water partition coefficient (Wildman–Crippen LogP) is 5.09. The summed E-state index contributed by atoms with van der Waals surface area (Å²) in [6.45, 7) is 3.57. The van der Waals surface area contributed by atoms with Crippen LogP contribution in [0.15, 0.2) is 36.5 Å². The lowest BCUT2D eigenvalue weighted by atomic mass is 9.91. The van der Waals surface area contributed by atoms with Gasteiger partial charge in [-0.05, 0) is 92.5 Å². The molecule has 2 aromatic rings. The van der Waals surface area contributed by atoms with E-state index in [1.807, 2.05) is 22.6 Å². The molecule has 1 heterocycles. The molecule has 1 saturated carbocycles. The highest BCUT2D eigenvalue weighted by Crippen LogP contribution is 2.26. The average Bonchev–Trinajstić information content (AvgIpc) is 2.71. The fourth-order valence-electron chi connectivity index (χ4n) is 3.35. The standard InChI is InChI=1S/C22H24F2IN3O4/c1-22(2,25)32-21(30)28-16-7-5-15(6-8-16)27-19(29)18-11-14(24)12-26-20(18)31-17-9-3-13(23)4-10-17/h3-4,9-12,15-16H,5-8H2,1-2H3,(H,27,29)(H,28,30). The second-order valence-corrected chi connectivity index (χ2v) is 10.6. The first-order valence-electron chi connectivity index (χ1n) is 10.2. The molecule has 32 heavy (non-hydrogen) atoms. The number of pyridine rings is 1. The van der Waals surface area contributed by atoms with Crippen LogP contribution in [-0.2, 0) is 4.74 Å². The van der Waals surface area contributed by atoms with E-state index in [-0.39, 0.29) is 29.3 Å². The maximum Gasteiger partial charge on any atom is 0.408 e. The first-order valence-corrected chi connectivity index (χ1v) is 11.2. The zero-order valence-electron chi connectivity index (χ0n) is 17.7. The number of amides is 2. The third-order valence-corrected chi connectivity index (χ3v) is 5.03. The number of hydrogen-bond donors (Lipinski definition) is 2. The van der Waals surface area contributed by atoms with Crippen molar-refractivity contribution >= 4 is 34.6 Å². The van der Waals surface area contributed by atoms with Crippen LogP contribution in [0.4, 0.5) is 13.6 Å². The summed E-state index contributed by atoms with van der Waals surface area (Å²) >= 11 is 2.03. The van der Waals surface area contributed by atoms with Crippen LogP contribution in [0.3, 0.4) is 0 Å². The minimum absolute atomic E-state index is 0.0393. The minimum atomic E-state index is -0.675. The molecule has 0 saturated heterocycles. The Hall–Kier alpha value is -2.50. The van der Waals surface area contributed by atoms with Crippen LogP contribution in [0, 0.1) is 11.6 Å². The lowest BCUT2D eigenvalue weighted by Gasteiger charge is -2.30. The van der Waals surface area contributed by atoms with Crippen LogP contribution >= 0.6 is 22.6 Å². The van der Waals surface area contributed by atoms with Crippen molar-refractivity contribution in [3.63, 3.8) is 0 Å². The monoisotopic (exact) mass is 559 g/mol. The highest BCUT2D eigenvalue weighted by Gasteiger charge is 2.27. The lowest BCUT2D eigenvalue weighted by Crippen LogP contribution is -2.44. The molecule has 0 bridgehead atoms. The highest BCUT2D eigenvalue weighted by atomic mass is 127. The molecule has 0 atom stereocenters. The minimum Gasteiger partial charge on any atom is -0.438 e. The van der Waals surface area contributed by atoms with E-state index in [0.29, 0.717) is 25.7 Å². The van der Waals surface area contributed by atoms with Gasteiger partial charge in [0.1, 0.15) is 22.9 Å². The van der Waals surface area contributed by atoms with Crippen LogP contribution in [0.1, 0.15) is 49.9 Å². The number of nitrogens with zero attached hydrogens (tertiary/aromatic N) is 1. The number of benzene rings is 1. The molecule has 1 fully saturated rings. The number of alkyl carbamates (subject to hydrolysis) is 1. The Morgan fingerprint density at radius 1 is 1.03 bits per heavy atom.